The summed E-state index contributed by atoms with van der Waals surface area (Å²) in [4.78, 5) is 28.6. The van der Waals surface area contributed by atoms with E-state index < -0.39 is 28.5 Å². The van der Waals surface area contributed by atoms with E-state index in [-0.39, 0.29) is 39.1 Å². The van der Waals surface area contributed by atoms with Crippen LogP contribution in [0.15, 0.2) is 77.7 Å². The second-order valence-electron chi connectivity index (χ2n) is 9.73. The highest BCUT2D eigenvalue weighted by atomic mass is 35.5. The van der Waals surface area contributed by atoms with Gasteiger partial charge >= 0.3 is 0 Å². The van der Waals surface area contributed by atoms with Crippen molar-refractivity contribution in [2.24, 2.45) is 0 Å². The van der Waals surface area contributed by atoms with Crippen LogP contribution in [0, 0.1) is 0 Å². The van der Waals surface area contributed by atoms with Crippen molar-refractivity contribution in [3.8, 4) is 0 Å². The molecule has 1 aliphatic carbocycles. The Morgan fingerprint density at radius 3 is 2.15 bits per heavy atom. The number of halogens is 3. The van der Waals surface area contributed by atoms with Crippen molar-refractivity contribution in [1.82, 2.24) is 10.2 Å². The van der Waals surface area contributed by atoms with Crippen LogP contribution in [0.25, 0.3) is 0 Å². The Labute approximate surface area is 250 Å². The van der Waals surface area contributed by atoms with E-state index in [1.54, 1.807) is 49.4 Å². The first-order chi connectivity index (χ1) is 19.1. The lowest BCUT2D eigenvalue weighted by atomic mass is 10.1. The van der Waals surface area contributed by atoms with Gasteiger partial charge in [0.1, 0.15) is 12.6 Å². The molecular formula is C29H30Cl3N3O4S. The predicted molar refractivity (Wildman–Crippen MR) is 159 cm³/mol. The van der Waals surface area contributed by atoms with Crippen molar-refractivity contribution in [2.45, 2.75) is 56.1 Å². The van der Waals surface area contributed by atoms with Crippen molar-refractivity contribution in [3.63, 3.8) is 0 Å². The van der Waals surface area contributed by atoms with E-state index in [1.165, 1.54) is 35.2 Å². The standard InChI is InChI=1S/C29H30Cl3N3O4S/c1-20(29(37)33-24-10-6-7-11-24)34(18-21-9-5-8-14-27(21)32)28(36)19-35(25-16-22(30)15-23(31)17-25)40(38,39)26-12-3-2-4-13-26/h2-5,8-9,12-17,20,24H,6-7,10-11,18-19H2,1H3,(H,33,37)/t20-/m1/s1. The highest BCUT2D eigenvalue weighted by molar-refractivity contribution is 7.92. The summed E-state index contributed by atoms with van der Waals surface area (Å²) >= 11 is 18.8. The number of anilines is 1. The highest BCUT2D eigenvalue weighted by Crippen LogP contribution is 2.30. The molecule has 0 bridgehead atoms. The van der Waals surface area contributed by atoms with E-state index in [1.807, 2.05) is 0 Å². The van der Waals surface area contributed by atoms with Gasteiger partial charge in [0.25, 0.3) is 10.0 Å². The number of nitrogens with one attached hydrogen (secondary N) is 1. The summed E-state index contributed by atoms with van der Waals surface area (Å²) in [5, 5.41) is 3.89. The first kappa shape index (κ1) is 30.2. The van der Waals surface area contributed by atoms with Gasteiger partial charge in [-0.05, 0) is 61.7 Å². The fourth-order valence-electron chi connectivity index (χ4n) is 4.72. The molecule has 1 aliphatic rings. The highest BCUT2D eigenvalue weighted by Gasteiger charge is 2.33. The van der Waals surface area contributed by atoms with Gasteiger partial charge in [-0.3, -0.25) is 13.9 Å². The molecule has 40 heavy (non-hydrogen) atoms. The van der Waals surface area contributed by atoms with Crippen LogP contribution >= 0.6 is 34.8 Å². The molecule has 0 heterocycles. The van der Waals surface area contributed by atoms with E-state index in [9.17, 15) is 18.0 Å². The van der Waals surface area contributed by atoms with Crippen LogP contribution in [0.1, 0.15) is 38.2 Å². The zero-order chi connectivity index (χ0) is 28.9. The van der Waals surface area contributed by atoms with Gasteiger partial charge < -0.3 is 10.2 Å². The zero-order valence-corrected chi connectivity index (χ0v) is 25.0. The third-order valence-corrected chi connectivity index (χ3v) is 9.51. The Bertz CT molecular complexity index is 1440. The molecule has 212 valence electrons. The summed E-state index contributed by atoms with van der Waals surface area (Å²) in [6, 6.07) is 18.3. The molecule has 0 saturated heterocycles. The number of carbonyl (C=O) groups is 2. The van der Waals surface area contributed by atoms with Crippen LogP contribution in [0.4, 0.5) is 5.69 Å². The second-order valence-corrected chi connectivity index (χ2v) is 12.9. The topological polar surface area (TPSA) is 86.8 Å². The smallest absolute Gasteiger partial charge is 0.264 e. The summed E-state index contributed by atoms with van der Waals surface area (Å²) in [5.74, 6) is -0.903. The fourth-order valence-corrected chi connectivity index (χ4v) is 6.85. The molecule has 1 atom stereocenters. The maximum absolute atomic E-state index is 14.0. The molecular weight excluding hydrogens is 593 g/mol. The molecule has 11 heteroatoms. The summed E-state index contributed by atoms with van der Waals surface area (Å²) in [5.41, 5.74) is 0.747. The molecule has 7 nitrogen and oxygen atoms in total. The first-order valence-corrected chi connectivity index (χ1v) is 15.5. The third kappa shape index (κ3) is 7.29. The van der Waals surface area contributed by atoms with Crippen LogP contribution in [-0.2, 0) is 26.2 Å². The van der Waals surface area contributed by atoms with Crippen LogP contribution in [-0.4, -0.2) is 43.8 Å². The molecule has 0 aromatic heterocycles. The minimum Gasteiger partial charge on any atom is -0.352 e. The molecule has 1 saturated carbocycles. The Morgan fingerprint density at radius 2 is 1.52 bits per heavy atom. The van der Waals surface area contributed by atoms with E-state index in [2.05, 4.69) is 5.32 Å². The molecule has 1 fully saturated rings. The number of carbonyl (C=O) groups excluding carboxylic acids is 2. The Morgan fingerprint density at radius 1 is 0.925 bits per heavy atom. The van der Waals surface area contributed by atoms with Crippen LogP contribution in [0.5, 0.6) is 0 Å². The van der Waals surface area contributed by atoms with Gasteiger partial charge in [0, 0.05) is 27.7 Å². The van der Waals surface area contributed by atoms with Gasteiger partial charge in [0.15, 0.2) is 0 Å². The fraction of sp³-hybridized carbons (Fsp3) is 0.310. The largest absolute Gasteiger partial charge is 0.352 e. The maximum Gasteiger partial charge on any atom is 0.264 e. The van der Waals surface area contributed by atoms with Crippen molar-refractivity contribution in [3.05, 3.63) is 93.4 Å². The summed E-state index contributed by atoms with van der Waals surface area (Å²) in [6.45, 7) is 1.04. The number of sulfonamides is 1. The lowest BCUT2D eigenvalue weighted by molar-refractivity contribution is -0.139. The van der Waals surface area contributed by atoms with Crippen LogP contribution in [0.3, 0.4) is 0 Å². The molecule has 0 unspecified atom stereocenters. The Balaban J connectivity index is 1.71. The van der Waals surface area contributed by atoms with E-state index >= 15 is 0 Å². The number of amides is 2. The van der Waals surface area contributed by atoms with Crippen LogP contribution in [0.2, 0.25) is 15.1 Å². The van der Waals surface area contributed by atoms with Crippen LogP contribution < -0.4 is 9.62 Å². The summed E-state index contributed by atoms with van der Waals surface area (Å²) in [6.07, 6.45) is 3.84. The summed E-state index contributed by atoms with van der Waals surface area (Å²) < 4.78 is 28.6. The average molecular weight is 623 g/mol. The third-order valence-electron chi connectivity index (χ3n) is 6.91. The SMILES string of the molecule is C[C@H](C(=O)NC1CCCC1)N(Cc1ccccc1Cl)C(=O)CN(c1cc(Cl)cc(Cl)c1)S(=O)(=O)c1ccccc1. The van der Waals surface area contributed by atoms with E-state index in [0.717, 1.165) is 30.0 Å². The Hall–Kier alpha value is -2.78. The minimum atomic E-state index is -4.22. The molecule has 0 spiro atoms. The number of nitrogens with zero attached hydrogens (tertiary/aromatic N) is 2. The summed E-state index contributed by atoms with van der Waals surface area (Å²) in [7, 11) is -4.22. The van der Waals surface area contributed by atoms with Gasteiger partial charge in [-0.15, -0.1) is 0 Å². The van der Waals surface area contributed by atoms with Gasteiger partial charge in [0.05, 0.1) is 10.6 Å². The molecule has 0 radical (unpaired) electrons. The first-order valence-electron chi connectivity index (χ1n) is 12.9. The van der Waals surface area contributed by atoms with E-state index in [4.69, 9.17) is 34.8 Å². The Kier molecular flexibility index (Phi) is 10.0. The number of hydrogen-bond acceptors (Lipinski definition) is 4. The monoisotopic (exact) mass is 621 g/mol. The lowest BCUT2D eigenvalue weighted by Crippen LogP contribution is -2.52. The minimum absolute atomic E-state index is 0.00723. The molecule has 3 aromatic carbocycles. The molecule has 3 aromatic rings. The van der Waals surface area contributed by atoms with Crippen molar-refractivity contribution in [2.75, 3.05) is 10.8 Å². The quantitative estimate of drug-likeness (QED) is 0.287. The second kappa shape index (κ2) is 13.3. The predicted octanol–water partition coefficient (Wildman–Crippen LogP) is 6.32. The average Bonchev–Trinajstić information content (AvgIpc) is 3.43. The van der Waals surface area contributed by atoms with Crippen molar-refractivity contribution >= 4 is 62.3 Å². The maximum atomic E-state index is 14.0. The zero-order valence-electron chi connectivity index (χ0n) is 21.9. The van der Waals surface area contributed by atoms with Crippen molar-refractivity contribution in [1.29, 1.82) is 0 Å². The van der Waals surface area contributed by atoms with Gasteiger partial charge in [-0.25, -0.2) is 8.42 Å². The molecule has 4 rings (SSSR count). The number of rotatable bonds is 10. The molecule has 1 N–H and O–H groups in total. The van der Waals surface area contributed by atoms with Gasteiger partial charge in [-0.1, -0.05) is 84.0 Å². The lowest BCUT2D eigenvalue weighted by Gasteiger charge is -2.32. The molecule has 0 aliphatic heterocycles. The number of hydrogen-bond donors (Lipinski definition) is 1. The molecule has 2 amide bonds. The van der Waals surface area contributed by atoms with Gasteiger partial charge in [-0.2, -0.15) is 0 Å². The van der Waals surface area contributed by atoms with Crippen molar-refractivity contribution < 1.29 is 18.0 Å². The number of benzene rings is 3. The van der Waals surface area contributed by atoms with Gasteiger partial charge in [0.2, 0.25) is 11.8 Å². The normalized spacial score (nSPS) is 14.5. The van der Waals surface area contributed by atoms with E-state index in [0.29, 0.717) is 10.6 Å².